The van der Waals surface area contributed by atoms with Crippen LogP contribution in [0.4, 0.5) is 19.0 Å². The Balaban J connectivity index is 1.85. The van der Waals surface area contributed by atoms with Gasteiger partial charge in [-0.2, -0.15) is 13.2 Å². The van der Waals surface area contributed by atoms with E-state index in [1.54, 1.807) is 0 Å². The smallest absolute Gasteiger partial charge is 0.417 e. The summed E-state index contributed by atoms with van der Waals surface area (Å²) in [6.45, 7) is 3.43. The Morgan fingerprint density at radius 1 is 1.27 bits per heavy atom. The van der Waals surface area contributed by atoms with E-state index in [-0.39, 0.29) is 5.97 Å². The van der Waals surface area contributed by atoms with E-state index in [0.29, 0.717) is 31.9 Å². The number of alkyl halides is 3. The van der Waals surface area contributed by atoms with E-state index in [0.717, 1.165) is 25.4 Å². The summed E-state index contributed by atoms with van der Waals surface area (Å²) in [6.07, 6.45) is -3.16. The van der Waals surface area contributed by atoms with Crippen molar-refractivity contribution in [2.24, 2.45) is 0 Å². The highest BCUT2D eigenvalue weighted by atomic mass is 19.4. The Kier molecular flexibility index (Phi) is 5.23. The predicted octanol–water partition coefficient (Wildman–Crippen LogP) is 1.79. The molecule has 0 N–H and O–H groups in total. The average molecular weight is 317 g/mol. The highest BCUT2D eigenvalue weighted by Gasteiger charge is 2.31. The Hall–Kier alpha value is -1.83. The standard InChI is InChI=1S/C14H18F3N3O2/c1-22-13(21)4-5-19-6-8-20(9-7-19)12-3-2-11(10-18-12)14(15,16)17/h2-3,10H,4-9H2,1H3. The molecule has 22 heavy (non-hydrogen) atoms. The number of hydrogen-bond acceptors (Lipinski definition) is 5. The number of halogens is 3. The second-order valence-corrected chi connectivity index (χ2v) is 5.06. The fourth-order valence-corrected chi connectivity index (χ4v) is 2.29. The monoisotopic (exact) mass is 317 g/mol. The molecule has 122 valence electrons. The van der Waals surface area contributed by atoms with E-state index in [1.165, 1.54) is 13.2 Å². The number of esters is 1. The van der Waals surface area contributed by atoms with Gasteiger partial charge in [0.25, 0.3) is 0 Å². The van der Waals surface area contributed by atoms with Crippen molar-refractivity contribution in [1.29, 1.82) is 0 Å². The van der Waals surface area contributed by atoms with Gasteiger partial charge in [0.1, 0.15) is 5.82 Å². The van der Waals surface area contributed by atoms with E-state index in [4.69, 9.17) is 0 Å². The van der Waals surface area contributed by atoms with E-state index in [1.807, 2.05) is 4.90 Å². The van der Waals surface area contributed by atoms with Gasteiger partial charge in [-0.05, 0) is 12.1 Å². The van der Waals surface area contributed by atoms with Crippen LogP contribution in [0.25, 0.3) is 0 Å². The van der Waals surface area contributed by atoms with Crippen LogP contribution in [-0.2, 0) is 15.7 Å². The SMILES string of the molecule is COC(=O)CCN1CCN(c2ccc(C(F)(F)F)cn2)CC1. The number of nitrogens with zero attached hydrogens (tertiary/aromatic N) is 3. The van der Waals surface area contributed by atoms with E-state index >= 15 is 0 Å². The maximum Gasteiger partial charge on any atom is 0.417 e. The first-order valence-electron chi connectivity index (χ1n) is 6.97. The van der Waals surface area contributed by atoms with Crippen molar-refractivity contribution >= 4 is 11.8 Å². The fraction of sp³-hybridized carbons (Fsp3) is 0.571. The molecule has 0 spiro atoms. The van der Waals surface area contributed by atoms with Crippen molar-refractivity contribution in [3.8, 4) is 0 Å². The molecule has 0 atom stereocenters. The van der Waals surface area contributed by atoms with Crippen LogP contribution in [0, 0.1) is 0 Å². The minimum Gasteiger partial charge on any atom is -0.469 e. The molecule has 1 aromatic rings. The van der Waals surface area contributed by atoms with Gasteiger partial charge < -0.3 is 9.64 Å². The molecular formula is C14H18F3N3O2. The molecule has 1 aliphatic rings. The van der Waals surface area contributed by atoms with Crippen LogP contribution in [-0.4, -0.2) is 55.7 Å². The van der Waals surface area contributed by atoms with Gasteiger partial charge in [0.2, 0.25) is 0 Å². The summed E-state index contributed by atoms with van der Waals surface area (Å²) in [5.74, 6) is 0.299. The first kappa shape index (κ1) is 16.5. The summed E-state index contributed by atoms with van der Waals surface area (Å²) in [5.41, 5.74) is -0.743. The van der Waals surface area contributed by atoms with Gasteiger partial charge >= 0.3 is 12.1 Å². The van der Waals surface area contributed by atoms with Gasteiger partial charge in [-0.25, -0.2) is 4.98 Å². The van der Waals surface area contributed by atoms with Crippen LogP contribution < -0.4 is 4.90 Å². The Morgan fingerprint density at radius 2 is 1.95 bits per heavy atom. The van der Waals surface area contributed by atoms with Crippen LogP contribution in [0.15, 0.2) is 18.3 Å². The van der Waals surface area contributed by atoms with Crippen molar-refractivity contribution in [3.63, 3.8) is 0 Å². The van der Waals surface area contributed by atoms with Crippen LogP contribution in [0.1, 0.15) is 12.0 Å². The van der Waals surface area contributed by atoms with Gasteiger partial charge in [0.15, 0.2) is 0 Å². The van der Waals surface area contributed by atoms with Crippen LogP contribution in [0.5, 0.6) is 0 Å². The average Bonchev–Trinajstić information content (AvgIpc) is 2.52. The molecule has 2 rings (SSSR count). The Labute approximate surface area is 126 Å². The molecule has 0 aliphatic carbocycles. The third-order valence-corrected chi connectivity index (χ3v) is 3.63. The predicted molar refractivity (Wildman–Crippen MR) is 74.5 cm³/mol. The van der Waals surface area contributed by atoms with Gasteiger partial charge in [-0.15, -0.1) is 0 Å². The number of aromatic nitrogens is 1. The summed E-state index contributed by atoms with van der Waals surface area (Å²) >= 11 is 0. The molecule has 5 nitrogen and oxygen atoms in total. The molecule has 0 amide bonds. The third kappa shape index (κ3) is 4.33. The number of carbonyl (C=O) groups is 1. The second kappa shape index (κ2) is 6.95. The zero-order valence-corrected chi connectivity index (χ0v) is 12.3. The Bertz CT molecular complexity index is 497. The van der Waals surface area contributed by atoms with Gasteiger partial charge in [-0.3, -0.25) is 9.69 Å². The number of carbonyl (C=O) groups excluding carboxylic acids is 1. The molecular weight excluding hydrogens is 299 g/mol. The van der Waals surface area contributed by atoms with Gasteiger partial charge in [0, 0.05) is 38.9 Å². The minimum atomic E-state index is -4.36. The Morgan fingerprint density at radius 3 is 2.45 bits per heavy atom. The summed E-state index contributed by atoms with van der Waals surface area (Å²) in [6, 6.07) is 2.44. The molecule has 1 aliphatic heterocycles. The summed E-state index contributed by atoms with van der Waals surface area (Å²) in [7, 11) is 1.36. The summed E-state index contributed by atoms with van der Waals surface area (Å²) in [5, 5.41) is 0. The maximum absolute atomic E-state index is 12.5. The molecule has 0 unspecified atom stereocenters. The van der Waals surface area contributed by atoms with E-state index < -0.39 is 11.7 Å². The second-order valence-electron chi connectivity index (χ2n) is 5.06. The van der Waals surface area contributed by atoms with Crippen LogP contribution in [0.2, 0.25) is 0 Å². The van der Waals surface area contributed by atoms with E-state index in [9.17, 15) is 18.0 Å². The molecule has 2 heterocycles. The quantitative estimate of drug-likeness (QED) is 0.792. The van der Waals surface area contributed by atoms with Crippen LogP contribution in [0.3, 0.4) is 0 Å². The lowest BCUT2D eigenvalue weighted by Gasteiger charge is -2.35. The van der Waals surface area contributed by atoms with Gasteiger partial charge in [0.05, 0.1) is 19.1 Å². The molecule has 0 radical (unpaired) electrons. The molecule has 0 saturated carbocycles. The molecule has 0 bridgehead atoms. The van der Waals surface area contributed by atoms with E-state index in [2.05, 4.69) is 14.6 Å². The largest absolute Gasteiger partial charge is 0.469 e. The highest BCUT2D eigenvalue weighted by molar-refractivity contribution is 5.69. The lowest BCUT2D eigenvalue weighted by Crippen LogP contribution is -2.47. The highest BCUT2D eigenvalue weighted by Crippen LogP contribution is 2.29. The lowest BCUT2D eigenvalue weighted by molar-refractivity contribution is -0.141. The van der Waals surface area contributed by atoms with Crippen molar-refractivity contribution in [2.75, 3.05) is 44.7 Å². The number of piperazine rings is 1. The third-order valence-electron chi connectivity index (χ3n) is 3.63. The lowest BCUT2D eigenvalue weighted by atomic mass is 10.2. The van der Waals surface area contributed by atoms with Crippen molar-refractivity contribution < 1.29 is 22.7 Å². The summed E-state index contributed by atoms with van der Waals surface area (Å²) in [4.78, 5) is 19.0. The fourth-order valence-electron chi connectivity index (χ4n) is 2.29. The molecule has 1 fully saturated rings. The zero-order chi connectivity index (χ0) is 16.2. The zero-order valence-electron chi connectivity index (χ0n) is 12.3. The number of ether oxygens (including phenoxy) is 1. The molecule has 8 heteroatoms. The number of hydrogen-bond donors (Lipinski definition) is 0. The maximum atomic E-state index is 12.5. The molecule has 1 aromatic heterocycles. The van der Waals surface area contributed by atoms with Gasteiger partial charge in [-0.1, -0.05) is 0 Å². The van der Waals surface area contributed by atoms with Crippen molar-refractivity contribution in [1.82, 2.24) is 9.88 Å². The minimum absolute atomic E-state index is 0.244. The first-order chi connectivity index (χ1) is 10.4. The summed E-state index contributed by atoms with van der Waals surface area (Å²) < 4.78 is 42.1. The van der Waals surface area contributed by atoms with Crippen molar-refractivity contribution in [3.05, 3.63) is 23.9 Å². The molecule has 1 saturated heterocycles. The topological polar surface area (TPSA) is 45.7 Å². The molecule has 0 aromatic carbocycles. The van der Waals surface area contributed by atoms with Crippen molar-refractivity contribution in [2.45, 2.75) is 12.6 Å². The first-order valence-corrected chi connectivity index (χ1v) is 6.97. The number of rotatable bonds is 4. The normalized spacial score (nSPS) is 16.6. The number of methoxy groups -OCH3 is 1. The number of anilines is 1. The number of pyridine rings is 1. The van der Waals surface area contributed by atoms with Crippen LogP contribution >= 0.6 is 0 Å².